The van der Waals surface area contributed by atoms with E-state index in [2.05, 4.69) is 31.8 Å². The second-order valence-electron chi connectivity index (χ2n) is 6.32. The van der Waals surface area contributed by atoms with E-state index in [-0.39, 0.29) is 24.7 Å². The Balaban J connectivity index is 1.87. The number of rotatable bonds is 8. The number of hydrogen-bond acceptors (Lipinski definition) is 5. The van der Waals surface area contributed by atoms with Crippen molar-refractivity contribution in [3.63, 3.8) is 0 Å². The number of ether oxygens (including phenoxy) is 2. The fourth-order valence-corrected chi connectivity index (χ4v) is 2.95. The molecule has 0 unspecified atom stereocenters. The summed E-state index contributed by atoms with van der Waals surface area (Å²) in [5, 5.41) is 6.77. The summed E-state index contributed by atoms with van der Waals surface area (Å²) < 4.78 is 11.2. The van der Waals surface area contributed by atoms with Crippen LogP contribution in [0.4, 0.5) is 5.69 Å². The van der Waals surface area contributed by atoms with Crippen LogP contribution < -0.4 is 20.2 Å². The summed E-state index contributed by atoms with van der Waals surface area (Å²) in [6.07, 6.45) is 1.58. The van der Waals surface area contributed by atoms with E-state index in [9.17, 15) is 9.59 Å². The number of hydrogen-bond donors (Lipinski definition) is 2. The van der Waals surface area contributed by atoms with Crippen molar-refractivity contribution < 1.29 is 19.1 Å². The van der Waals surface area contributed by atoms with E-state index in [4.69, 9.17) is 9.47 Å². The second-order valence-corrected chi connectivity index (χ2v) is 7.17. The third kappa shape index (κ3) is 6.32. The Bertz CT molecular complexity index is 928. The lowest BCUT2D eigenvalue weighted by atomic mass is 10.1. The molecule has 29 heavy (non-hydrogen) atoms. The van der Waals surface area contributed by atoms with Crippen LogP contribution in [0.5, 0.6) is 11.5 Å². The van der Waals surface area contributed by atoms with E-state index in [0.29, 0.717) is 17.1 Å². The predicted octanol–water partition coefficient (Wildman–Crippen LogP) is 3.95. The molecule has 7 nitrogen and oxygen atoms in total. The quantitative estimate of drug-likeness (QED) is 0.459. The number of carbonyl (C=O) groups excluding carboxylic acids is 2. The van der Waals surface area contributed by atoms with Gasteiger partial charge in [-0.25, -0.2) is 5.43 Å². The fraction of sp³-hybridized carbons (Fsp3) is 0.286. The minimum absolute atomic E-state index is 0.0289. The molecular formula is C21H24BrN3O4. The molecule has 0 aliphatic carbocycles. The summed E-state index contributed by atoms with van der Waals surface area (Å²) >= 11 is 3.42. The third-order valence-electron chi connectivity index (χ3n) is 4.35. The van der Waals surface area contributed by atoms with Crippen LogP contribution >= 0.6 is 15.9 Å². The molecule has 8 heteroatoms. The average molecular weight is 462 g/mol. The van der Waals surface area contributed by atoms with E-state index >= 15 is 0 Å². The van der Waals surface area contributed by atoms with E-state index in [1.807, 2.05) is 32.0 Å². The zero-order chi connectivity index (χ0) is 21.4. The van der Waals surface area contributed by atoms with E-state index < -0.39 is 0 Å². The van der Waals surface area contributed by atoms with Gasteiger partial charge in [0.05, 0.1) is 20.4 Å². The Labute approximate surface area is 178 Å². The van der Waals surface area contributed by atoms with E-state index in [1.165, 1.54) is 13.3 Å². The number of anilines is 1. The molecular weight excluding hydrogens is 438 g/mol. The van der Waals surface area contributed by atoms with Gasteiger partial charge in [-0.3, -0.25) is 9.59 Å². The highest BCUT2D eigenvalue weighted by molar-refractivity contribution is 9.10. The summed E-state index contributed by atoms with van der Waals surface area (Å²) in [6.45, 7) is 3.92. The van der Waals surface area contributed by atoms with Crippen LogP contribution in [-0.2, 0) is 9.59 Å². The summed E-state index contributed by atoms with van der Waals surface area (Å²) in [5.41, 5.74) is 5.99. The highest BCUT2D eigenvalue weighted by atomic mass is 79.9. The molecule has 154 valence electrons. The van der Waals surface area contributed by atoms with E-state index in [0.717, 1.165) is 21.3 Å². The number of amides is 2. The fourth-order valence-electron chi connectivity index (χ4n) is 2.52. The Morgan fingerprint density at radius 3 is 2.41 bits per heavy atom. The maximum atomic E-state index is 12.1. The number of nitrogens with zero attached hydrogens (tertiary/aromatic N) is 1. The molecule has 0 aromatic heterocycles. The van der Waals surface area contributed by atoms with Gasteiger partial charge in [-0.1, -0.05) is 12.1 Å². The van der Waals surface area contributed by atoms with Crippen LogP contribution in [-0.4, -0.2) is 32.2 Å². The lowest BCUT2D eigenvalue weighted by molar-refractivity contribution is -0.124. The Hall–Kier alpha value is -2.87. The van der Waals surface area contributed by atoms with Crippen molar-refractivity contribution in [3.8, 4) is 11.5 Å². The van der Waals surface area contributed by atoms with Gasteiger partial charge in [0.1, 0.15) is 0 Å². The first-order valence-electron chi connectivity index (χ1n) is 8.95. The summed E-state index contributed by atoms with van der Waals surface area (Å²) in [4.78, 5) is 24.0. The van der Waals surface area contributed by atoms with Crippen LogP contribution in [0, 0.1) is 13.8 Å². The number of benzene rings is 2. The van der Waals surface area contributed by atoms with Crippen molar-refractivity contribution in [1.82, 2.24) is 5.43 Å². The molecule has 0 bridgehead atoms. The standard InChI is InChI=1S/C21H24BrN3O4/c1-13-6-5-7-17(14(13)2)24-20(26)8-9-21(27)25-23-12-15-10-18(28-3)19(29-4)11-16(15)22/h5-7,10-12H,8-9H2,1-4H3,(H,24,26)(H,25,27). The molecule has 2 aromatic rings. The summed E-state index contributed by atoms with van der Waals surface area (Å²) in [6, 6.07) is 9.18. The van der Waals surface area contributed by atoms with Crippen LogP contribution in [0.25, 0.3) is 0 Å². The number of carbonyl (C=O) groups is 2. The molecule has 0 atom stereocenters. The SMILES string of the molecule is COc1cc(Br)c(C=NNC(=O)CCC(=O)Nc2cccc(C)c2C)cc1OC. The first-order valence-corrected chi connectivity index (χ1v) is 9.74. The molecule has 0 fully saturated rings. The number of aryl methyl sites for hydroxylation is 1. The molecule has 0 aliphatic rings. The normalized spacial score (nSPS) is 10.7. The monoisotopic (exact) mass is 461 g/mol. The Morgan fingerprint density at radius 2 is 1.72 bits per heavy atom. The molecule has 2 aromatic carbocycles. The molecule has 2 rings (SSSR count). The highest BCUT2D eigenvalue weighted by Crippen LogP contribution is 2.32. The number of halogens is 1. The molecule has 0 aliphatic heterocycles. The Morgan fingerprint density at radius 1 is 1.07 bits per heavy atom. The van der Waals surface area contributed by atoms with Crippen LogP contribution in [0.3, 0.4) is 0 Å². The lowest BCUT2D eigenvalue weighted by Crippen LogP contribution is -2.21. The van der Waals surface area contributed by atoms with Gasteiger partial charge >= 0.3 is 0 Å². The van der Waals surface area contributed by atoms with Crippen molar-refractivity contribution >= 4 is 39.6 Å². The number of hydrazone groups is 1. The molecule has 0 heterocycles. The maximum absolute atomic E-state index is 12.1. The minimum Gasteiger partial charge on any atom is -0.493 e. The van der Waals surface area contributed by atoms with Gasteiger partial charge in [-0.2, -0.15) is 5.10 Å². The van der Waals surface area contributed by atoms with Gasteiger partial charge in [-0.05, 0) is 59.1 Å². The maximum Gasteiger partial charge on any atom is 0.240 e. The minimum atomic E-state index is -0.353. The molecule has 0 radical (unpaired) electrons. The first kappa shape index (κ1) is 22.4. The van der Waals surface area contributed by atoms with Gasteiger partial charge in [0.25, 0.3) is 0 Å². The van der Waals surface area contributed by atoms with Gasteiger partial charge in [0.15, 0.2) is 11.5 Å². The molecule has 2 amide bonds. The number of methoxy groups -OCH3 is 2. The van der Waals surface area contributed by atoms with Gasteiger partial charge < -0.3 is 14.8 Å². The summed E-state index contributed by atoms with van der Waals surface area (Å²) in [7, 11) is 3.09. The van der Waals surface area contributed by atoms with Gasteiger partial charge in [0, 0.05) is 28.6 Å². The van der Waals surface area contributed by atoms with Crippen molar-refractivity contribution in [1.29, 1.82) is 0 Å². The summed E-state index contributed by atoms with van der Waals surface area (Å²) in [5.74, 6) is 0.552. The molecule has 0 spiro atoms. The second kappa shape index (κ2) is 10.6. The number of nitrogens with one attached hydrogen (secondary N) is 2. The Kier molecular flexibility index (Phi) is 8.21. The molecule has 2 N–H and O–H groups in total. The van der Waals surface area contributed by atoms with Crippen molar-refractivity contribution in [2.75, 3.05) is 19.5 Å². The van der Waals surface area contributed by atoms with Crippen LogP contribution in [0.1, 0.15) is 29.5 Å². The van der Waals surface area contributed by atoms with Crippen LogP contribution in [0.15, 0.2) is 39.9 Å². The largest absolute Gasteiger partial charge is 0.493 e. The first-order chi connectivity index (χ1) is 13.8. The highest BCUT2D eigenvalue weighted by Gasteiger charge is 2.10. The lowest BCUT2D eigenvalue weighted by Gasteiger charge is -2.10. The van der Waals surface area contributed by atoms with Crippen molar-refractivity contribution in [2.24, 2.45) is 5.10 Å². The van der Waals surface area contributed by atoms with E-state index in [1.54, 1.807) is 19.2 Å². The van der Waals surface area contributed by atoms with Crippen molar-refractivity contribution in [3.05, 3.63) is 51.5 Å². The van der Waals surface area contributed by atoms with Crippen molar-refractivity contribution in [2.45, 2.75) is 26.7 Å². The van der Waals surface area contributed by atoms with Crippen LogP contribution in [0.2, 0.25) is 0 Å². The molecule has 0 saturated carbocycles. The zero-order valence-corrected chi connectivity index (χ0v) is 18.4. The third-order valence-corrected chi connectivity index (χ3v) is 5.04. The molecule has 0 saturated heterocycles. The average Bonchev–Trinajstić information content (AvgIpc) is 2.70. The smallest absolute Gasteiger partial charge is 0.240 e. The predicted molar refractivity (Wildman–Crippen MR) is 117 cm³/mol. The topological polar surface area (TPSA) is 89.0 Å². The zero-order valence-electron chi connectivity index (χ0n) is 16.8. The van der Waals surface area contributed by atoms with Gasteiger partial charge in [0.2, 0.25) is 11.8 Å². The van der Waals surface area contributed by atoms with Gasteiger partial charge in [-0.15, -0.1) is 0 Å².